The molecule has 64 heavy (non-hydrogen) atoms. The fraction of sp³-hybridized carbons (Fsp3) is 0.250. The number of ketones is 1. The maximum absolute atomic E-state index is 12.7. The van der Waals surface area contributed by atoms with Crippen LogP contribution in [0.4, 0.5) is 0 Å². The fourth-order valence-corrected chi connectivity index (χ4v) is 7.61. The van der Waals surface area contributed by atoms with Crippen molar-refractivity contribution in [1.29, 1.82) is 0 Å². The monoisotopic (exact) mass is 949 g/mol. The van der Waals surface area contributed by atoms with Crippen LogP contribution in [0.3, 0.4) is 0 Å². The Morgan fingerprint density at radius 2 is 1.20 bits per heavy atom. The van der Waals surface area contributed by atoms with Crippen LogP contribution in [0.1, 0.15) is 24.9 Å². The Kier molecular flexibility index (Phi) is 19.0. The summed E-state index contributed by atoms with van der Waals surface area (Å²) >= 11 is 4.91. The first-order chi connectivity index (χ1) is 31.0. The van der Waals surface area contributed by atoms with Crippen LogP contribution in [0.15, 0.2) is 117 Å². The van der Waals surface area contributed by atoms with E-state index >= 15 is 0 Å². The molecule has 0 fully saturated rings. The van der Waals surface area contributed by atoms with Gasteiger partial charge in [-0.05, 0) is 82.5 Å². The molecule has 1 atom stereocenters. The zero-order chi connectivity index (χ0) is 45.7. The Balaban J connectivity index is 0.000000174. The van der Waals surface area contributed by atoms with E-state index in [0.717, 1.165) is 52.0 Å². The second kappa shape index (κ2) is 25.3. The van der Waals surface area contributed by atoms with E-state index in [-0.39, 0.29) is 35.0 Å². The highest BCUT2D eigenvalue weighted by Crippen LogP contribution is 2.29. The number of hydrogen-bond donors (Lipinski definition) is 5. The smallest absolute Gasteiger partial charge is 0.365 e. The minimum absolute atomic E-state index is 0.000370. The highest BCUT2D eigenvalue weighted by atomic mass is 32.2. The van der Waals surface area contributed by atoms with Gasteiger partial charge in [-0.25, -0.2) is 5.01 Å². The van der Waals surface area contributed by atoms with Crippen molar-refractivity contribution in [2.75, 3.05) is 23.0 Å². The third-order valence-corrected chi connectivity index (χ3v) is 11.8. The number of aromatic nitrogens is 16. The number of nitrogens with zero attached hydrogens (tertiary/aromatic N) is 15. The number of rotatable bonds is 15. The number of hydrogen-bond acceptors (Lipinski definition) is 18. The van der Waals surface area contributed by atoms with Gasteiger partial charge in [-0.15, -0.1) is 9.78 Å². The number of hydrazone groups is 1. The van der Waals surface area contributed by atoms with E-state index < -0.39 is 11.9 Å². The lowest BCUT2D eigenvalue weighted by atomic mass is 10.0. The first kappa shape index (κ1) is 48.1. The van der Waals surface area contributed by atoms with Gasteiger partial charge in [0.2, 0.25) is 5.16 Å². The van der Waals surface area contributed by atoms with E-state index in [1.807, 2.05) is 91.0 Å². The van der Waals surface area contributed by atoms with E-state index in [2.05, 4.69) is 67.2 Å². The number of Topliss-reactive ketones (excluding diaryl/α,β-unsaturated/α-hetero) is 1. The van der Waals surface area contributed by atoms with Crippen LogP contribution < -0.4 is 14.0 Å². The average molecular weight is 950 g/mol. The second-order valence-electron chi connectivity index (χ2n) is 12.6. The summed E-state index contributed by atoms with van der Waals surface area (Å²) in [5.74, 6) is -1.06. The van der Waals surface area contributed by atoms with Gasteiger partial charge in [0, 0.05) is 12.6 Å². The minimum Gasteiger partial charge on any atom is -0.481 e. The lowest BCUT2D eigenvalue weighted by molar-refractivity contribution is -0.766. The molecule has 7 aromatic rings. The molecule has 0 bridgehead atoms. The van der Waals surface area contributed by atoms with Gasteiger partial charge in [0.05, 0.1) is 37.3 Å². The quantitative estimate of drug-likeness (QED) is 0.0710. The fourth-order valence-electron chi connectivity index (χ4n) is 4.99. The van der Waals surface area contributed by atoms with E-state index in [1.165, 1.54) is 23.5 Å². The summed E-state index contributed by atoms with van der Waals surface area (Å²) in [5.41, 5.74) is 2.80. The zero-order valence-corrected chi connectivity index (χ0v) is 37.5. The van der Waals surface area contributed by atoms with Crippen molar-refractivity contribution in [2.45, 2.75) is 40.0 Å². The number of para-hydroxylation sites is 2. The number of carbonyl (C=O) groups excluding carboxylic acids is 2. The van der Waals surface area contributed by atoms with Gasteiger partial charge in [-0.3, -0.25) is 19.2 Å². The predicted octanol–water partition coefficient (Wildman–Crippen LogP) is 1.09. The summed E-state index contributed by atoms with van der Waals surface area (Å²) in [5, 5.41) is 66.6. The van der Waals surface area contributed by atoms with Gasteiger partial charge < -0.3 is 10.2 Å². The topological polar surface area (TPSA) is 304 Å². The number of aryl methyl sites for hydroxylation is 2. The Bertz CT molecular complexity index is 2520. The molecule has 0 saturated carbocycles. The van der Waals surface area contributed by atoms with Crippen LogP contribution in [-0.2, 0) is 33.3 Å². The van der Waals surface area contributed by atoms with Crippen molar-refractivity contribution in [2.24, 2.45) is 19.2 Å². The Hall–Kier alpha value is -6.91. The molecule has 5 heterocycles. The Morgan fingerprint density at radius 1 is 0.672 bits per heavy atom. The number of benzene rings is 3. The second-order valence-corrected chi connectivity index (χ2v) is 16.4. The molecule has 24 nitrogen and oxygen atoms in total. The SMILES string of the molecule is CC(=O)CSc1nn[nH][n+]1C.C[n+]1[nH]nnc1SCC(=O)O.O=C(CSc1nnnn1-c1ccccc1)N1N=CCC1c1ccccc1.O=C(O)CSc1nn[nH][n+]1-c1ccccc1. The largest absolute Gasteiger partial charge is 0.481 e. The number of carboxylic acid groups (broad SMARTS) is 2. The lowest BCUT2D eigenvalue weighted by Crippen LogP contribution is -2.35. The molecule has 0 radical (unpaired) electrons. The number of aromatic amines is 3. The van der Waals surface area contributed by atoms with Gasteiger partial charge in [-0.2, -0.15) is 19.1 Å². The molecular formula is C36H41N18O6S4+3. The number of amides is 1. The van der Waals surface area contributed by atoms with Gasteiger partial charge in [0.15, 0.2) is 15.6 Å². The summed E-state index contributed by atoms with van der Waals surface area (Å²) in [6.07, 6.45) is 2.51. The molecule has 5 N–H and O–H groups in total. The van der Waals surface area contributed by atoms with E-state index in [4.69, 9.17) is 10.2 Å². The van der Waals surface area contributed by atoms with Crippen LogP contribution in [0.2, 0.25) is 0 Å². The van der Waals surface area contributed by atoms with E-state index in [0.29, 0.717) is 21.2 Å². The number of thioether (sulfide) groups is 4. The molecule has 1 unspecified atom stereocenters. The highest BCUT2D eigenvalue weighted by Gasteiger charge is 2.28. The van der Waals surface area contributed by atoms with Crippen LogP contribution in [0.5, 0.6) is 0 Å². The van der Waals surface area contributed by atoms with E-state index in [1.54, 1.807) is 51.0 Å². The van der Waals surface area contributed by atoms with Crippen molar-refractivity contribution < 1.29 is 43.4 Å². The summed E-state index contributed by atoms with van der Waals surface area (Å²) in [6, 6.07) is 28.9. The number of aliphatic carboxylic acids is 2. The third-order valence-electron chi connectivity index (χ3n) is 7.81. The van der Waals surface area contributed by atoms with Crippen LogP contribution in [-0.4, -0.2) is 135 Å². The van der Waals surface area contributed by atoms with Crippen LogP contribution >= 0.6 is 47.0 Å². The lowest BCUT2D eigenvalue weighted by Gasteiger charge is -2.21. The zero-order valence-electron chi connectivity index (χ0n) is 34.2. The molecule has 0 saturated heterocycles. The summed E-state index contributed by atoms with van der Waals surface area (Å²) in [6.45, 7) is 1.55. The van der Waals surface area contributed by atoms with Gasteiger partial charge in [0.1, 0.15) is 38.3 Å². The Labute approximate surface area is 380 Å². The van der Waals surface area contributed by atoms with Crippen molar-refractivity contribution in [1.82, 2.24) is 71.8 Å². The molecule has 1 amide bonds. The molecule has 28 heteroatoms. The molecule has 4 aromatic heterocycles. The van der Waals surface area contributed by atoms with Gasteiger partial charge in [0.25, 0.3) is 5.91 Å². The molecule has 8 rings (SSSR count). The summed E-state index contributed by atoms with van der Waals surface area (Å²) in [7, 11) is 3.51. The molecule has 3 aromatic carbocycles. The van der Waals surface area contributed by atoms with Crippen molar-refractivity contribution in [3.05, 3.63) is 96.6 Å². The molecule has 1 aliphatic rings. The standard InChI is InChI=1S/C18H16N6OS.C9H8N4O2S.C5H8N4OS.C4H6N4O2S/c25-17(24-16(11-12-19-24)14-7-3-1-4-8-14)13-26-18-20-21-22-23(18)15-9-5-2-6-10-15;14-8(15)6-16-9-10-11-12-13(9)7-4-2-1-3-5-7;1-4(10)3-11-5-6-7-8-9(5)2;1-8-4(5-6-7-8)11-2-3(9)10/h1-10,12,16H,11,13H2;1-5H,6H2,(H,14,15);3H2,1-2H3;2H2,1H3,(H,9,10)/p+3. The first-order valence-corrected chi connectivity index (χ1v) is 22.5. The number of tetrazole rings is 4. The predicted molar refractivity (Wildman–Crippen MR) is 230 cm³/mol. The van der Waals surface area contributed by atoms with E-state index in [9.17, 15) is 19.2 Å². The normalized spacial score (nSPS) is 12.5. The molecule has 1 aliphatic heterocycles. The number of carboxylic acids is 2. The summed E-state index contributed by atoms with van der Waals surface area (Å²) in [4.78, 5) is 43.8. The average Bonchev–Trinajstić information content (AvgIpc) is 4.17. The maximum Gasteiger partial charge on any atom is 0.365 e. The molecule has 0 aliphatic carbocycles. The minimum atomic E-state index is -0.882. The number of nitrogens with one attached hydrogen (secondary N) is 3. The summed E-state index contributed by atoms with van der Waals surface area (Å²) < 4.78 is 6.47. The van der Waals surface area contributed by atoms with Crippen LogP contribution in [0.25, 0.3) is 11.4 Å². The molecule has 332 valence electrons. The highest BCUT2D eigenvalue weighted by molar-refractivity contribution is 8.00. The van der Waals surface area contributed by atoms with Crippen molar-refractivity contribution in [3.8, 4) is 11.4 Å². The molecular weight excluding hydrogens is 909 g/mol. The van der Waals surface area contributed by atoms with Gasteiger partial charge >= 0.3 is 27.4 Å². The molecule has 0 spiro atoms. The Morgan fingerprint density at radius 3 is 1.77 bits per heavy atom. The van der Waals surface area contributed by atoms with Gasteiger partial charge in [-0.1, -0.05) is 94.1 Å². The third kappa shape index (κ3) is 15.2. The first-order valence-electron chi connectivity index (χ1n) is 18.6. The van der Waals surface area contributed by atoms with Crippen molar-refractivity contribution in [3.63, 3.8) is 0 Å². The maximum atomic E-state index is 12.7. The number of H-pyrrole nitrogens is 3. The van der Waals surface area contributed by atoms with Crippen molar-refractivity contribution >= 4 is 76.9 Å². The van der Waals surface area contributed by atoms with Crippen LogP contribution in [0, 0.1) is 0 Å². The number of carbonyl (C=O) groups is 4.